The molecule has 0 radical (unpaired) electrons. The highest BCUT2D eigenvalue weighted by Crippen LogP contribution is 2.35. The van der Waals surface area contributed by atoms with Crippen molar-refractivity contribution < 1.29 is 4.79 Å². The van der Waals surface area contributed by atoms with Gasteiger partial charge < -0.3 is 11.1 Å². The summed E-state index contributed by atoms with van der Waals surface area (Å²) in [4.78, 5) is 11.9. The maximum Gasteiger partial charge on any atom is 0.224 e. The van der Waals surface area contributed by atoms with Crippen LogP contribution < -0.4 is 11.1 Å². The third-order valence-electron chi connectivity index (χ3n) is 3.60. The van der Waals surface area contributed by atoms with E-state index in [1.165, 1.54) is 11.1 Å². The van der Waals surface area contributed by atoms with Gasteiger partial charge in [-0.3, -0.25) is 4.79 Å². The van der Waals surface area contributed by atoms with E-state index in [0.717, 1.165) is 6.42 Å². The fourth-order valence-corrected chi connectivity index (χ4v) is 2.42. The molecule has 0 saturated carbocycles. The number of carbonyl (C=O) groups is 1. The van der Waals surface area contributed by atoms with Crippen molar-refractivity contribution in [1.29, 1.82) is 0 Å². The average molecular weight is 269 g/mol. The molecule has 4 heteroatoms. The van der Waals surface area contributed by atoms with Crippen LogP contribution in [0.4, 0.5) is 0 Å². The second-order valence-corrected chi connectivity index (χ2v) is 5.00. The molecule has 0 spiro atoms. The van der Waals surface area contributed by atoms with Crippen molar-refractivity contribution in [3.8, 4) is 0 Å². The topological polar surface area (TPSA) is 55.1 Å². The summed E-state index contributed by atoms with van der Waals surface area (Å²) in [6, 6.07) is 8.48. The second-order valence-electron chi connectivity index (χ2n) is 5.00. The van der Waals surface area contributed by atoms with Gasteiger partial charge in [-0.15, -0.1) is 12.4 Å². The monoisotopic (exact) mass is 268 g/mol. The summed E-state index contributed by atoms with van der Waals surface area (Å²) >= 11 is 0. The standard InChI is InChI=1S/C14H20N2O.ClH/c1-9-7-11-5-3-4-6-12(11)13(9)16-14(17)10(2)8-15;/h3-6,9-10,13H,7-8,15H2,1-2H3,(H,16,17);1H. The molecule has 1 aromatic rings. The molecule has 0 fully saturated rings. The number of rotatable bonds is 3. The average Bonchev–Trinajstić information content (AvgIpc) is 2.65. The Morgan fingerprint density at radius 1 is 1.50 bits per heavy atom. The Kier molecular flexibility index (Phi) is 5.17. The lowest BCUT2D eigenvalue weighted by Gasteiger charge is -2.20. The molecule has 0 heterocycles. The zero-order chi connectivity index (χ0) is 12.4. The zero-order valence-corrected chi connectivity index (χ0v) is 11.7. The summed E-state index contributed by atoms with van der Waals surface area (Å²) < 4.78 is 0. The molecule has 2 rings (SSSR count). The van der Waals surface area contributed by atoms with E-state index in [2.05, 4.69) is 30.4 Å². The number of nitrogens with two attached hydrogens (primary N) is 1. The Bertz CT molecular complexity index is 422. The predicted octanol–water partition coefficient (Wildman–Crippen LogP) is 2.05. The first-order valence-corrected chi connectivity index (χ1v) is 6.21. The van der Waals surface area contributed by atoms with Gasteiger partial charge in [0.15, 0.2) is 0 Å². The number of carbonyl (C=O) groups excluding carboxylic acids is 1. The molecule has 0 aliphatic heterocycles. The number of nitrogens with one attached hydrogen (secondary N) is 1. The van der Waals surface area contributed by atoms with E-state index in [-0.39, 0.29) is 30.3 Å². The van der Waals surface area contributed by atoms with E-state index in [1.807, 2.05) is 13.0 Å². The number of benzene rings is 1. The van der Waals surface area contributed by atoms with Crippen molar-refractivity contribution in [2.24, 2.45) is 17.6 Å². The van der Waals surface area contributed by atoms with Crippen molar-refractivity contribution in [1.82, 2.24) is 5.32 Å². The molecular weight excluding hydrogens is 248 g/mol. The molecule has 1 aromatic carbocycles. The Morgan fingerprint density at radius 3 is 2.83 bits per heavy atom. The lowest BCUT2D eigenvalue weighted by atomic mass is 10.0. The van der Waals surface area contributed by atoms with Gasteiger partial charge in [0, 0.05) is 12.5 Å². The van der Waals surface area contributed by atoms with E-state index in [4.69, 9.17) is 5.73 Å². The van der Waals surface area contributed by atoms with Crippen LogP contribution in [-0.4, -0.2) is 12.5 Å². The van der Waals surface area contributed by atoms with Gasteiger partial charge in [0.2, 0.25) is 5.91 Å². The van der Waals surface area contributed by atoms with E-state index in [1.54, 1.807) is 0 Å². The number of fused-ring (bicyclic) bond motifs is 1. The number of hydrogen-bond donors (Lipinski definition) is 2. The summed E-state index contributed by atoms with van der Waals surface area (Å²) in [6.45, 7) is 4.44. The lowest BCUT2D eigenvalue weighted by Crippen LogP contribution is -2.37. The van der Waals surface area contributed by atoms with Crippen molar-refractivity contribution in [2.45, 2.75) is 26.3 Å². The quantitative estimate of drug-likeness (QED) is 0.882. The van der Waals surface area contributed by atoms with Gasteiger partial charge in [-0.05, 0) is 23.5 Å². The summed E-state index contributed by atoms with van der Waals surface area (Å²) in [7, 11) is 0. The minimum atomic E-state index is -0.116. The van der Waals surface area contributed by atoms with Gasteiger partial charge in [0.25, 0.3) is 0 Å². The van der Waals surface area contributed by atoms with Crippen LogP contribution in [0.1, 0.15) is 31.0 Å². The Labute approximate surface area is 115 Å². The lowest BCUT2D eigenvalue weighted by molar-refractivity contribution is -0.125. The van der Waals surface area contributed by atoms with Gasteiger partial charge in [-0.2, -0.15) is 0 Å². The minimum absolute atomic E-state index is 0. The zero-order valence-electron chi connectivity index (χ0n) is 10.8. The maximum absolute atomic E-state index is 11.9. The van der Waals surface area contributed by atoms with Crippen LogP contribution in [0.2, 0.25) is 0 Å². The summed E-state index contributed by atoms with van der Waals surface area (Å²) in [5.74, 6) is 0.400. The Hall–Kier alpha value is -1.06. The number of amides is 1. The Balaban J connectivity index is 0.00000162. The van der Waals surface area contributed by atoms with E-state index >= 15 is 0 Å². The molecule has 3 unspecified atom stereocenters. The molecule has 0 saturated heterocycles. The first-order valence-electron chi connectivity index (χ1n) is 6.21. The van der Waals surface area contributed by atoms with Gasteiger partial charge in [0.1, 0.15) is 0 Å². The number of hydrogen-bond acceptors (Lipinski definition) is 2. The SMILES string of the molecule is CC(CN)C(=O)NC1c2ccccc2CC1C.Cl. The number of halogens is 1. The molecule has 3 nitrogen and oxygen atoms in total. The summed E-state index contributed by atoms with van der Waals surface area (Å²) in [5.41, 5.74) is 8.13. The van der Waals surface area contributed by atoms with Crippen LogP contribution in [-0.2, 0) is 11.2 Å². The minimum Gasteiger partial charge on any atom is -0.349 e. The highest BCUT2D eigenvalue weighted by Gasteiger charge is 2.30. The molecular formula is C14H21ClN2O. The van der Waals surface area contributed by atoms with Crippen LogP contribution in [0.5, 0.6) is 0 Å². The highest BCUT2D eigenvalue weighted by atomic mass is 35.5. The van der Waals surface area contributed by atoms with Crippen molar-refractivity contribution in [3.05, 3.63) is 35.4 Å². The largest absolute Gasteiger partial charge is 0.349 e. The fourth-order valence-electron chi connectivity index (χ4n) is 2.42. The van der Waals surface area contributed by atoms with Crippen molar-refractivity contribution in [3.63, 3.8) is 0 Å². The van der Waals surface area contributed by atoms with Gasteiger partial charge >= 0.3 is 0 Å². The fraction of sp³-hybridized carbons (Fsp3) is 0.500. The molecule has 1 aliphatic rings. The first-order chi connectivity index (χ1) is 8.13. The predicted molar refractivity (Wildman–Crippen MR) is 75.7 cm³/mol. The third-order valence-corrected chi connectivity index (χ3v) is 3.60. The van der Waals surface area contributed by atoms with E-state index in [0.29, 0.717) is 12.5 Å². The maximum atomic E-state index is 11.9. The summed E-state index contributed by atoms with van der Waals surface area (Å²) in [6.07, 6.45) is 1.04. The Morgan fingerprint density at radius 2 is 2.17 bits per heavy atom. The first kappa shape index (κ1) is 15.0. The smallest absolute Gasteiger partial charge is 0.224 e. The van der Waals surface area contributed by atoms with Crippen LogP contribution in [0.3, 0.4) is 0 Å². The molecule has 100 valence electrons. The van der Waals surface area contributed by atoms with Crippen LogP contribution in [0.15, 0.2) is 24.3 Å². The second kappa shape index (κ2) is 6.21. The van der Waals surface area contributed by atoms with E-state index < -0.39 is 0 Å². The molecule has 3 atom stereocenters. The molecule has 3 N–H and O–H groups in total. The van der Waals surface area contributed by atoms with Crippen LogP contribution in [0.25, 0.3) is 0 Å². The van der Waals surface area contributed by atoms with Crippen molar-refractivity contribution >= 4 is 18.3 Å². The molecule has 1 aliphatic carbocycles. The van der Waals surface area contributed by atoms with Crippen LogP contribution in [0, 0.1) is 11.8 Å². The van der Waals surface area contributed by atoms with Crippen molar-refractivity contribution in [2.75, 3.05) is 6.54 Å². The summed E-state index contributed by atoms with van der Waals surface area (Å²) in [5, 5.41) is 3.12. The molecule has 0 aromatic heterocycles. The van der Waals surface area contributed by atoms with Gasteiger partial charge in [-0.25, -0.2) is 0 Å². The van der Waals surface area contributed by atoms with E-state index in [9.17, 15) is 4.79 Å². The van der Waals surface area contributed by atoms with Gasteiger partial charge in [-0.1, -0.05) is 38.1 Å². The van der Waals surface area contributed by atoms with Gasteiger partial charge in [0.05, 0.1) is 6.04 Å². The van der Waals surface area contributed by atoms with Crippen LogP contribution >= 0.6 is 12.4 Å². The highest BCUT2D eigenvalue weighted by molar-refractivity contribution is 5.85. The third kappa shape index (κ3) is 2.85. The molecule has 0 bridgehead atoms. The molecule has 1 amide bonds. The molecule has 18 heavy (non-hydrogen) atoms. The normalized spacial score (nSPS) is 22.8.